The van der Waals surface area contributed by atoms with Crippen LogP contribution in [0.3, 0.4) is 0 Å². The normalized spacial score (nSPS) is 15.4. The monoisotopic (exact) mass is 683 g/mol. The number of anilines is 1. The summed E-state index contributed by atoms with van der Waals surface area (Å²) in [5.41, 5.74) is 1.30. The summed E-state index contributed by atoms with van der Waals surface area (Å²) >= 11 is 6.18. The molecule has 14 heteroatoms. The van der Waals surface area contributed by atoms with E-state index < -0.39 is 11.4 Å². The zero-order valence-corrected chi connectivity index (χ0v) is 29.3. The van der Waals surface area contributed by atoms with E-state index in [4.69, 9.17) is 25.8 Å². The molecule has 48 heavy (non-hydrogen) atoms. The summed E-state index contributed by atoms with van der Waals surface area (Å²) < 4.78 is 32.6. The molecule has 0 atom stereocenters. The molecule has 2 aromatic heterocycles. The number of hydrogen-bond acceptors (Lipinski definition) is 10. The molecular formula is C34H43ClFN7O5. The topological polar surface area (TPSA) is 123 Å². The van der Waals surface area contributed by atoms with Gasteiger partial charge in [-0.2, -0.15) is 4.98 Å². The van der Waals surface area contributed by atoms with Crippen molar-refractivity contribution in [1.82, 2.24) is 30.0 Å². The van der Waals surface area contributed by atoms with Crippen molar-refractivity contribution in [3.63, 3.8) is 0 Å². The van der Waals surface area contributed by atoms with E-state index in [9.17, 15) is 14.0 Å². The molecule has 12 nitrogen and oxygen atoms in total. The second-order valence-electron chi connectivity index (χ2n) is 13.5. The molecule has 2 aliphatic heterocycles. The minimum absolute atomic E-state index is 0.0535. The fourth-order valence-electron chi connectivity index (χ4n) is 6.01. The van der Waals surface area contributed by atoms with Gasteiger partial charge in [0.15, 0.2) is 5.82 Å². The fraction of sp³-hybridized carbons (Fsp3) is 0.529. The molecule has 3 aromatic rings. The van der Waals surface area contributed by atoms with Gasteiger partial charge >= 0.3 is 6.09 Å². The number of carbonyl (C=O) groups is 2. The van der Waals surface area contributed by atoms with Crippen LogP contribution < -0.4 is 14.4 Å². The molecule has 5 rings (SSSR count). The van der Waals surface area contributed by atoms with Crippen molar-refractivity contribution in [2.75, 3.05) is 24.5 Å². The summed E-state index contributed by atoms with van der Waals surface area (Å²) in [6, 6.07) is 5.44. The van der Waals surface area contributed by atoms with Gasteiger partial charge in [-0.1, -0.05) is 0 Å². The van der Waals surface area contributed by atoms with Crippen molar-refractivity contribution >= 4 is 29.4 Å². The second kappa shape index (κ2) is 14.5. The minimum Gasteiger partial charge on any atom is -0.490 e. The Morgan fingerprint density at radius 3 is 2.40 bits per heavy atom. The Kier molecular flexibility index (Phi) is 10.6. The summed E-state index contributed by atoms with van der Waals surface area (Å²) in [6.45, 7) is 15.1. The third-order valence-electron chi connectivity index (χ3n) is 8.10. The van der Waals surface area contributed by atoms with E-state index in [-0.39, 0.29) is 52.7 Å². The average Bonchev–Trinajstić information content (AvgIpc) is 3.01. The molecule has 2 amide bonds. The van der Waals surface area contributed by atoms with Crippen LogP contribution in [0.25, 0.3) is 0 Å². The largest absolute Gasteiger partial charge is 0.490 e. The molecule has 0 spiro atoms. The Hall–Kier alpha value is -4.26. The number of aromatic nitrogens is 4. The SMILES string of the molecule is CC(C)N(C(=O)c1cc(F)ccc1Oc1nnc(Cl)nc1N1CCC(Oc2ccnc3c2CCN(C(=O)OC(C)(C)C)C3)CC1)C(C)C. The van der Waals surface area contributed by atoms with Gasteiger partial charge in [0.05, 0.1) is 17.8 Å². The number of carbonyl (C=O) groups excluding carboxylic acids is 2. The minimum atomic E-state index is -0.573. The number of halogens is 2. The number of piperidine rings is 1. The molecule has 0 aliphatic carbocycles. The van der Waals surface area contributed by atoms with Gasteiger partial charge in [-0.05, 0) is 90.8 Å². The Balaban J connectivity index is 1.28. The quantitative estimate of drug-likeness (QED) is 0.262. The highest BCUT2D eigenvalue weighted by molar-refractivity contribution is 6.28. The van der Waals surface area contributed by atoms with Crippen molar-refractivity contribution < 1.29 is 28.2 Å². The molecule has 0 saturated carbocycles. The summed E-state index contributed by atoms with van der Waals surface area (Å²) in [5.74, 6) is 0.403. The van der Waals surface area contributed by atoms with Crippen molar-refractivity contribution in [2.45, 2.75) is 98.1 Å². The van der Waals surface area contributed by atoms with Gasteiger partial charge in [0.1, 0.15) is 29.0 Å². The average molecular weight is 684 g/mol. The maximum Gasteiger partial charge on any atom is 0.410 e. The molecule has 0 N–H and O–H groups in total. The van der Waals surface area contributed by atoms with Crippen molar-refractivity contribution in [3.05, 3.63) is 58.4 Å². The first kappa shape index (κ1) is 35.1. The smallest absolute Gasteiger partial charge is 0.410 e. The van der Waals surface area contributed by atoms with Crippen LogP contribution in [0.5, 0.6) is 17.4 Å². The first-order valence-corrected chi connectivity index (χ1v) is 16.6. The summed E-state index contributed by atoms with van der Waals surface area (Å²) in [4.78, 5) is 40.4. The molecule has 0 radical (unpaired) electrons. The van der Waals surface area contributed by atoms with Crippen LogP contribution in [0.4, 0.5) is 15.0 Å². The van der Waals surface area contributed by atoms with Gasteiger partial charge < -0.3 is 28.9 Å². The Bertz CT molecular complexity index is 1630. The number of benzene rings is 1. The molecule has 4 heterocycles. The van der Waals surface area contributed by atoms with Gasteiger partial charge in [0.25, 0.3) is 11.8 Å². The van der Waals surface area contributed by atoms with Gasteiger partial charge in [0.2, 0.25) is 5.28 Å². The predicted molar refractivity (Wildman–Crippen MR) is 178 cm³/mol. The van der Waals surface area contributed by atoms with Crippen LogP contribution in [-0.4, -0.2) is 85.4 Å². The van der Waals surface area contributed by atoms with Crippen molar-refractivity contribution in [1.29, 1.82) is 0 Å². The molecule has 258 valence electrons. The van der Waals surface area contributed by atoms with Crippen molar-refractivity contribution in [3.8, 4) is 17.4 Å². The van der Waals surface area contributed by atoms with Gasteiger partial charge in [-0.3, -0.25) is 9.78 Å². The lowest BCUT2D eigenvalue weighted by Crippen LogP contribution is -2.42. The second-order valence-corrected chi connectivity index (χ2v) is 13.9. The van der Waals surface area contributed by atoms with Gasteiger partial charge in [-0.25, -0.2) is 9.18 Å². The first-order valence-electron chi connectivity index (χ1n) is 16.3. The molecular weight excluding hydrogens is 641 g/mol. The number of fused-ring (bicyclic) bond motifs is 1. The number of nitrogens with zero attached hydrogens (tertiary/aromatic N) is 7. The van der Waals surface area contributed by atoms with Crippen LogP contribution in [-0.2, 0) is 17.7 Å². The summed E-state index contributed by atoms with van der Waals surface area (Å²) in [6.07, 6.45) is 3.22. The van der Waals surface area contributed by atoms with Crippen LogP contribution in [0, 0.1) is 5.82 Å². The standard InChI is InChI=1S/C34H43ClFN7O5/c1-20(2)43(21(3)4)31(44)25-18-22(36)8-9-27(25)47-30-29(38-32(35)40-39-30)41-15-11-23(12-16-41)46-28-10-14-37-26-19-42(17-13-24(26)28)33(45)48-34(5,6)7/h8-10,14,18,20-21,23H,11-13,15-17,19H2,1-7H3. The number of ether oxygens (including phenoxy) is 3. The maximum atomic E-state index is 14.4. The van der Waals surface area contributed by atoms with E-state index in [1.165, 1.54) is 18.2 Å². The van der Waals surface area contributed by atoms with E-state index in [0.717, 1.165) is 17.0 Å². The van der Waals surface area contributed by atoms with Crippen LogP contribution >= 0.6 is 11.6 Å². The highest BCUT2D eigenvalue weighted by Gasteiger charge is 2.31. The number of hydrogen-bond donors (Lipinski definition) is 0. The van der Waals surface area contributed by atoms with E-state index in [0.29, 0.717) is 51.3 Å². The van der Waals surface area contributed by atoms with E-state index in [1.807, 2.05) is 59.4 Å². The molecule has 1 saturated heterocycles. The third-order valence-corrected chi connectivity index (χ3v) is 8.26. The highest BCUT2D eigenvalue weighted by atomic mass is 35.5. The number of pyridine rings is 1. The van der Waals surface area contributed by atoms with Crippen molar-refractivity contribution in [2.24, 2.45) is 0 Å². The van der Waals surface area contributed by atoms with Gasteiger partial charge in [-0.15, -0.1) is 10.2 Å². The lowest BCUT2D eigenvalue weighted by atomic mass is 10.0. The fourth-order valence-corrected chi connectivity index (χ4v) is 6.13. The Morgan fingerprint density at radius 2 is 1.73 bits per heavy atom. The van der Waals surface area contributed by atoms with E-state index >= 15 is 0 Å². The lowest BCUT2D eigenvalue weighted by molar-refractivity contribution is 0.0218. The van der Waals surface area contributed by atoms with E-state index in [1.54, 1.807) is 16.0 Å². The van der Waals surface area contributed by atoms with E-state index in [2.05, 4.69) is 20.2 Å². The lowest BCUT2D eigenvalue weighted by Gasteiger charge is -2.35. The van der Waals surface area contributed by atoms with Crippen LogP contribution in [0.1, 0.15) is 82.9 Å². The van der Waals surface area contributed by atoms with Crippen LogP contribution in [0.15, 0.2) is 30.5 Å². The molecule has 1 fully saturated rings. The van der Waals surface area contributed by atoms with Gasteiger partial charge in [0, 0.05) is 56.3 Å². The molecule has 0 bridgehead atoms. The summed E-state index contributed by atoms with van der Waals surface area (Å²) in [5, 5.41) is 7.98. The summed E-state index contributed by atoms with van der Waals surface area (Å²) in [7, 11) is 0. The highest BCUT2D eigenvalue weighted by Crippen LogP contribution is 2.35. The Morgan fingerprint density at radius 1 is 1.02 bits per heavy atom. The first-order chi connectivity index (χ1) is 22.7. The number of rotatable bonds is 8. The molecule has 0 unspecified atom stereocenters. The molecule has 2 aliphatic rings. The maximum absolute atomic E-state index is 14.4. The third kappa shape index (κ3) is 8.23. The van der Waals surface area contributed by atoms with Crippen LogP contribution in [0.2, 0.25) is 5.28 Å². The molecule has 1 aromatic carbocycles. The predicted octanol–water partition coefficient (Wildman–Crippen LogP) is 6.45. The Labute approximate surface area is 285 Å². The zero-order chi connectivity index (χ0) is 34.7. The zero-order valence-electron chi connectivity index (χ0n) is 28.5. The number of amides is 2.